The van der Waals surface area contributed by atoms with E-state index in [1.165, 1.54) is 18.4 Å². The Morgan fingerprint density at radius 1 is 1.32 bits per heavy atom. The summed E-state index contributed by atoms with van der Waals surface area (Å²) in [5.41, 5.74) is 1.26. The third kappa shape index (κ3) is 3.88. The topological polar surface area (TPSA) is 52.5 Å². The van der Waals surface area contributed by atoms with E-state index in [0.29, 0.717) is 5.92 Å². The fourth-order valence-corrected chi connectivity index (χ4v) is 2.49. The molecular weight excluding hydrogens is 240 g/mol. The van der Waals surface area contributed by atoms with Gasteiger partial charge in [-0.05, 0) is 50.9 Å². The third-order valence-corrected chi connectivity index (χ3v) is 3.84. The van der Waals surface area contributed by atoms with Crippen LogP contribution in [0.3, 0.4) is 0 Å². The lowest BCUT2D eigenvalue weighted by atomic mass is 9.92. The molecule has 1 aromatic rings. The van der Waals surface area contributed by atoms with Crippen molar-refractivity contribution < 1.29 is 5.11 Å². The number of likely N-dealkylation sites (tertiary alicyclic amines) is 1. The van der Waals surface area contributed by atoms with Crippen molar-refractivity contribution >= 4 is 5.95 Å². The summed E-state index contributed by atoms with van der Waals surface area (Å²) in [6.07, 6.45) is 7.07. The van der Waals surface area contributed by atoms with Crippen molar-refractivity contribution in [3.05, 3.63) is 18.0 Å². The van der Waals surface area contributed by atoms with Gasteiger partial charge in [-0.15, -0.1) is 0 Å². The van der Waals surface area contributed by atoms with E-state index in [2.05, 4.69) is 21.9 Å². The van der Waals surface area contributed by atoms with E-state index >= 15 is 0 Å². The van der Waals surface area contributed by atoms with Crippen LogP contribution < -0.4 is 4.90 Å². The van der Waals surface area contributed by atoms with Gasteiger partial charge in [0, 0.05) is 32.6 Å². The van der Waals surface area contributed by atoms with Gasteiger partial charge >= 0.3 is 0 Å². The Hall–Kier alpha value is -1.20. The zero-order valence-electron chi connectivity index (χ0n) is 11.9. The summed E-state index contributed by atoms with van der Waals surface area (Å²) in [6.45, 7) is 3.30. The number of rotatable bonds is 5. The maximum Gasteiger partial charge on any atom is 0.224 e. The molecular formula is C14H24N4O. The number of nitrogens with zero attached hydrogens (tertiary/aromatic N) is 4. The van der Waals surface area contributed by atoms with Gasteiger partial charge in [0.05, 0.1) is 0 Å². The third-order valence-electron chi connectivity index (χ3n) is 3.84. The second-order valence-corrected chi connectivity index (χ2v) is 5.39. The molecule has 1 aliphatic heterocycles. The highest BCUT2D eigenvalue weighted by molar-refractivity contribution is 5.29. The number of aliphatic hydroxyl groups excluding tert-OH is 1. The second kappa shape index (κ2) is 6.82. The van der Waals surface area contributed by atoms with Crippen molar-refractivity contribution in [3.63, 3.8) is 0 Å². The van der Waals surface area contributed by atoms with Crippen molar-refractivity contribution in [2.45, 2.75) is 25.2 Å². The lowest BCUT2D eigenvalue weighted by molar-refractivity contribution is 0.255. The first-order chi connectivity index (χ1) is 9.20. The first-order valence-corrected chi connectivity index (χ1v) is 7.03. The molecule has 0 aromatic carbocycles. The van der Waals surface area contributed by atoms with Crippen LogP contribution in [0.4, 0.5) is 5.95 Å². The zero-order valence-corrected chi connectivity index (χ0v) is 11.9. The molecule has 0 unspecified atom stereocenters. The highest BCUT2D eigenvalue weighted by atomic mass is 16.3. The van der Waals surface area contributed by atoms with Crippen LogP contribution in [0.5, 0.6) is 0 Å². The Kier molecular flexibility index (Phi) is 5.10. The molecule has 2 rings (SSSR count). The van der Waals surface area contributed by atoms with Crippen molar-refractivity contribution in [2.75, 3.05) is 45.2 Å². The van der Waals surface area contributed by atoms with Crippen LogP contribution in [-0.2, 0) is 0 Å². The van der Waals surface area contributed by atoms with E-state index in [1.54, 1.807) is 0 Å². The molecule has 1 saturated heterocycles. The van der Waals surface area contributed by atoms with E-state index in [0.717, 1.165) is 32.0 Å². The van der Waals surface area contributed by atoms with Crippen molar-refractivity contribution in [1.82, 2.24) is 14.9 Å². The molecule has 2 heterocycles. The van der Waals surface area contributed by atoms with Crippen molar-refractivity contribution in [2.24, 2.45) is 0 Å². The summed E-state index contributed by atoms with van der Waals surface area (Å²) in [6, 6.07) is 0. The number of aromatic nitrogens is 2. The number of piperidine rings is 1. The summed E-state index contributed by atoms with van der Waals surface area (Å²) in [5, 5.41) is 8.83. The quantitative estimate of drug-likeness (QED) is 0.863. The largest absolute Gasteiger partial charge is 0.396 e. The van der Waals surface area contributed by atoms with Gasteiger partial charge < -0.3 is 14.9 Å². The van der Waals surface area contributed by atoms with Gasteiger partial charge in [-0.3, -0.25) is 0 Å². The molecule has 0 spiro atoms. The van der Waals surface area contributed by atoms with Gasteiger partial charge in [0.2, 0.25) is 5.95 Å². The number of hydrogen-bond acceptors (Lipinski definition) is 5. The first-order valence-electron chi connectivity index (χ1n) is 7.03. The van der Waals surface area contributed by atoms with E-state index in [1.807, 2.05) is 24.3 Å². The molecule has 0 amide bonds. The van der Waals surface area contributed by atoms with Gasteiger partial charge in [0.1, 0.15) is 0 Å². The van der Waals surface area contributed by atoms with Crippen LogP contribution in [0, 0.1) is 0 Å². The van der Waals surface area contributed by atoms with E-state index in [-0.39, 0.29) is 6.61 Å². The lowest BCUT2D eigenvalue weighted by Gasteiger charge is -2.29. The van der Waals surface area contributed by atoms with Gasteiger partial charge in [-0.1, -0.05) is 0 Å². The fraction of sp³-hybridized carbons (Fsp3) is 0.714. The molecule has 0 atom stereocenters. The predicted molar refractivity (Wildman–Crippen MR) is 76.5 cm³/mol. The van der Waals surface area contributed by atoms with E-state index in [4.69, 9.17) is 5.11 Å². The van der Waals surface area contributed by atoms with Crippen molar-refractivity contribution in [1.29, 1.82) is 0 Å². The maximum atomic E-state index is 8.83. The summed E-state index contributed by atoms with van der Waals surface area (Å²) < 4.78 is 0. The molecule has 5 nitrogen and oxygen atoms in total. The van der Waals surface area contributed by atoms with Crippen LogP contribution >= 0.6 is 0 Å². The molecule has 1 fully saturated rings. The molecule has 1 aromatic heterocycles. The molecule has 0 saturated carbocycles. The minimum absolute atomic E-state index is 0.206. The van der Waals surface area contributed by atoms with Crippen molar-refractivity contribution in [3.8, 4) is 0 Å². The number of aliphatic hydroxyl groups is 1. The van der Waals surface area contributed by atoms with Crippen LogP contribution in [0.1, 0.15) is 30.7 Å². The Balaban J connectivity index is 1.94. The predicted octanol–water partition coefficient (Wildman–Crippen LogP) is 1.10. The monoisotopic (exact) mass is 264 g/mol. The van der Waals surface area contributed by atoms with E-state index < -0.39 is 0 Å². The second-order valence-electron chi connectivity index (χ2n) is 5.39. The normalized spacial score (nSPS) is 17.6. The van der Waals surface area contributed by atoms with Gasteiger partial charge in [-0.2, -0.15) is 0 Å². The molecule has 19 heavy (non-hydrogen) atoms. The zero-order chi connectivity index (χ0) is 13.7. The Bertz CT molecular complexity index is 374. The molecule has 0 radical (unpaired) electrons. The Labute approximate surface area is 115 Å². The Morgan fingerprint density at radius 2 is 1.95 bits per heavy atom. The van der Waals surface area contributed by atoms with Gasteiger partial charge in [0.15, 0.2) is 0 Å². The number of anilines is 1. The van der Waals surface area contributed by atoms with Gasteiger partial charge in [-0.25, -0.2) is 9.97 Å². The highest BCUT2D eigenvalue weighted by Gasteiger charge is 2.19. The molecule has 1 aliphatic rings. The van der Waals surface area contributed by atoms with Crippen LogP contribution in [0.15, 0.2) is 12.4 Å². The minimum Gasteiger partial charge on any atom is -0.396 e. The molecule has 5 heteroatoms. The van der Waals surface area contributed by atoms with Crippen LogP contribution in [0.25, 0.3) is 0 Å². The SMILES string of the molecule is CN1CCC(c2cnc(N(C)CCCO)nc2)CC1. The minimum atomic E-state index is 0.206. The number of hydrogen-bond donors (Lipinski definition) is 1. The first kappa shape index (κ1) is 14.2. The highest BCUT2D eigenvalue weighted by Crippen LogP contribution is 2.26. The average molecular weight is 264 g/mol. The fourth-order valence-electron chi connectivity index (χ4n) is 2.49. The molecule has 1 N–H and O–H groups in total. The summed E-state index contributed by atoms with van der Waals surface area (Å²) >= 11 is 0. The summed E-state index contributed by atoms with van der Waals surface area (Å²) in [5.74, 6) is 1.35. The maximum absolute atomic E-state index is 8.83. The summed E-state index contributed by atoms with van der Waals surface area (Å²) in [7, 11) is 4.13. The van der Waals surface area contributed by atoms with Crippen LogP contribution in [-0.4, -0.2) is 60.3 Å². The smallest absolute Gasteiger partial charge is 0.224 e. The lowest BCUT2D eigenvalue weighted by Crippen LogP contribution is -2.29. The van der Waals surface area contributed by atoms with Gasteiger partial charge in [0.25, 0.3) is 0 Å². The average Bonchev–Trinajstić information content (AvgIpc) is 2.46. The summed E-state index contributed by atoms with van der Waals surface area (Å²) in [4.78, 5) is 13.2. The Morgan fingerprint density at radius 3 is 2.53 bits per heavy atom. The standard InChI is InChI=1S/C14H24N4O/c1-17-7-4-12(5-8-17)13-10-15-14(16-11-13)18(2)6-3-9-19/h10-12,19H,3-9H2,1-2H3. The van der Waals surface area contributed by atoms with E-state index in [9.17, 15) is 0 Å². The van der Waals surface area contributed by atoms with Crippen LogP contribution in [0.2, 0.25) is 0 Å². The molecule has 106 valence electrons. The molecule has 0 bridgehead atoms. The molecule has 0 aliphatic carbocycles.